The Bertz CT molecular complexity index is 1470. The molecule has 1 amide bonds. The summed E-state index contributed by atoms with van der Waals surface area (Å²) in [5.74, 6) is -1.13. The summed E-state index contributed by atoms with van der Waals surface area (Å²) < 4.78 is 7.54. The summed E-state index contributed by atoms with van der Waals surface area (Å²) in [6.45, 7) is 4.41. The molecule has 1 aliphatic heterocycles. The Morgan fingerprint density at radius 2 is 1.91 bits per heavy atom. The maximum atomic E-state index is 13.1. The van der Waals surface area contributed by atoms with Gasteiger partial charge in [-0.3, -0.25) is 14.2 Å². The summed E-state index contributed by atoms with van der Waals surface area (Å²) >= 11 is 11.3. The number of aliphatic carboxylic acids is 1. The normalized spacial score (nSPS) is 14.7. The predicted octanol–water partition coefficient (Wildman–Crippen LogP) is 4.84. The van der Waals surface area contributed by atoms with E-state index in [0.717, 1.165) is 16.9 Å². The van der Waals surface area contributed by atoms with Crippen molar-refractivity contribution in [1.82, 2.24) is 9.55 Å². The fourth-order valence-corrected chi connectivity index (χ4v) is 3.97. The average Bonchev–Trinajstić information content (AvgIpc) is 3.21. The number of amides is 1. The largest absolute Gasteiger partial charge is 0.490 e. The van der Waals surface area contributed by atoms with Crippen molar-refractivity contribution in [3.8, 4) is 5.75 Å². The van der Waals surface area contributed by atoms with Crippen molar-refractivity contribution >= 4 is 63.3 Å². The number of fused-ring (bicyclic) bond motifs is 2. The van der Waals surface area contributed by atoms with Crippen LogP contribution in [0.5, 0.6) is 5.75 Å². The second-order valence-corrected chi connectivity index (χ2v) is 8.89. The highest BCUT2D eigenvalue weighted by atomic mass is 35.5. The van der Waals surface area contributed by atoms with Crippen molar-refractivity contribution < 1.29 is 19.4 Å². The van der Waals surface area contributed by atoms with Crippen LogP contribution in [0.15, 0.2) is 57.3 Å². The molecule has 1 aromatic heterocycles. The van der Waals surface area contributed by atoms with Crippen LogP contribution in [0.4, 0.5) is 5.69 Å². The number of ether oxygens (including phenoxy) is 1. The molecule has 8 nitrogen and oxygen atoms in total. The quantitative estimate of drug-likeness (QED) is 0.456. The van der Waals surface area contributed by atoms with Gasteiger partial charge in [-0.05, 0) is 56.2 Å². The Kier molecular flexibility index (Phi) is 6.95. The maximum absolute atomic E-state index is 13.1. The number of para-hydroxylation sites is 1. The summed E-state index contributed by atoms with van der Waals surface area (Å²) in [7, 11) is 0. The molecule has 1 aliphatic rings. The minimum atomic E-state index is -1.52. The van der Waals surface area contributed by atoms with Gasteiger partial charge in [-0.1, -0.05) is 41.4 Å². The summed E-state index contributed by atoms with van der Waals surface area (Å²) in [5.41, 5.74) is 2.24. The molecule has 10 heteroatoms. The second kappa shape index (κ2) is 9.93. The lowest BCUT2D eigenvalue weighted by atomic mass is 10.1. The van der Waals surface area contributed by atoms with Gasteiger partial charge in [0.25, 0.3) is 11.5 Å². The molecule has 0 atom stereocenters. The number of nitrogens with one attached hydrogen (secondary N) is 1. The number of carbonyl (C=O) groups excluding carboxylic acids is 1. The molecule has 0 radical (unpaired) electrons. The molecule has 4 rings (SSSR count). The number of nitrogens with zero attached hydrogens (tertiary/aromatic N) is 2. The zero-order chi connectivity index (χ0) is 25.3. The van der Waals surface area contributed by atoms with Gasteiger partial charge in [-0.25, -0.2) is 9.78 Å². The lowest BCUT2D eigenvalue weighted by Crippen LogP contribution is -2.21. The Morgan fingerprint density at radius 3 is 2.63 bits per heavy atom. The summed E-state index contributed by atoms with van der Waals surface area (Å²) in [6.07, 6.45) is 2.61. The van der Waals surface area contributed by atoms with Gasteiger partial charge in [0, 0.05) is 17.8 Å². The fourth-order valence-electron chi connectivity index (χ4n) is 3.76. The smallest absolute Gasteiger partial charge is 0.349 e. The monoisotopic (exact) mass is 513 g/mol. The van der Waals surface area contributed by atoms with E-state index in [9.17, 15) is 14.4 Å². The van der Waals surface area contributed by atoms with Crippen molar-refractivity contribution in [3.63, 3.8) is 0 Å². The molecule has 35 heavy (non-hydrogen) atoms. The zero-order valence-corrected chi connectivity index (χ0v) is 20.4. The number of halogens is 2. The Labute approximate surface area is 210 Å². The standard InChI is InChI=1S/C25H21Cl2N3O5/c1-13(2)35-19-6-4-3-5-14(19)11-15-9-10-30-22(15)29-18-12-16(7-8-17(18)24(30)32)28-23(31)20(26)21(27)25(33)34/h3-8,11-13H,9-10H2,1-2H3,(H,28,31)(H,33,34)/b15-11?,21-20-. The van der Waals surface area contributed by atoms with Crippen LogP contribution in [0.3, 0.4) is 0 Å². The molecule has 0 saturated heterocycles. The van der Waals surface area contributed by atoms with E-state index < -0.39 is 21.9 Å². The van der Waals surface area contributed by atoms with Gasteiger partial charge in [-0.2, -0.15) is 0 Å². The van der Waals surface area contributed by atoms with Crippen LogP contribution >= 0.6 is 23.2 Å². The first-order chi connectivity index (χ1) is 16.7. The molecule has 0 bridgehead atoms. The van der Waals surface area contributed by atoms with E-state index >= 15 is 0 Å². The number of aromatic nitrogens is 2. The molecule has 180 valence electrons. The number of carbonyl (C=O) groups is 2. The summed E-state index contributed by atoms with van der Waals surface area (Å²) in [4.78, 5) is 41.0. The average molecular weight is 514 g/mol. The van der Waals surface area contributed by atoms with Crippen LogP contribution in [0, 0.1) is 0 Å². The number of carboxylic acids is 1. The first-order valence-corrected chi connectivity index (χ1v) is 11.5. The number of allylic oxidation sites excluding steroid dienone is 1. The highest BCUT2D eigenvalue weighted by molar-refractivity contribution is 6.54. The number of rotatable bonds is 6. The van der Waals surface area contributed by atoms with Crippen molar-refractivity contribution in [2.45, 2.75) is 32.9 Å². The molecule has 0 aliphatic carbocycles. The molecule has 0 fully saturated rings. The van der Waals surface area contributed by atoms with E-state index in [1.165, 1.54) is 12.1 Å². The molecule has 0 unspecified atom stereocenters. The van der Waals surface area contributed by atoms with Gasteiger partial charge in [0.15, 0.2) is 0 Å². The molecule has 0 saturated carbocycles. The first-order valence-electron chi connectivity index (χ1n) is 10.8. The molecule has 2 aromatic carbocycles. The van der Waals surface area contributed by atoms with E-state index in [1.54, 1.807) is 10.6 Å². The van der Waals surface area contributed by atoms with Crippen molar-refractivity contribution in [2.75, 3.05) is 5.32 Å². The van der Waals surface area contributed by atoms with Crippen LogP contribution < -0.4 is 15.6 Å². The van der Waals surface area contributed by atoms with Gasteiger partial charge >= 0.3 is 5.97 Å². The molecular weight excluding hydrogens is 493 g/mol. The fraction of sp³-hybridized carbons (Fsp3) is 0.200. The highest BCUT2D eigenvalue weighted by Crippen LogP contribution is 2.31. The molecular formula is C25H21Cl2N3O5. The Hall–Kier alpha value is -3.62. The molecule has 2 N–H and O–H groups in total. The highest BCUT2D eigenvalue weighted by Gasteiger charge is 2.22. The molecule has 3 aromatic rings. The van der Waals surface area contributed by atoms with E-state index in [4.69, 9.17) is 38.0 Å². The van der Waals surface area contributed by atoms with Crippen LogP contribution in [0.2, 0.25) is 0 Å². The third kappa shape index (κ3) is 5.08. The molecule has 2 heterocycles. The minimum absolute atomic E-state index is 0.0115. The first kappa shape index (κ1) is 24.5. The lowest BCUT2D eigenvalue weighted by Gasteiger charge is -2.13. The topological polar surface area (TPSA) is 111 Å². The predicted molar refractivity (Wildman–Crippen MR) is 136 cm³/mol. The van der Waals surface area contributed by atoms with Crippen LogP contribution in [-0.4, -0.2) is 32.6 Å². The number of hydrogen-bond donors (Lipinski definition) is 2. The second-order valence-electron chi connectivity index (χ2n) is 8.14. The number of benzene rings is 2. The van der Waals surface area contributed by atoms with Gasteiger partial charge in [0.05, 0.1) is 17.0 Å². The number of anilines is 1. The van der Waals surface area contributed by atoms with Crippen molar-refractivity contribution in [2.24, 2.45) is 0 Å². The van der Waals surface area contributed by atoms with Gasteiger partial charge in [0.2, 0.25) is 0 Å². The lowest BCUT2D eigenvalue weighted by molar-refractivity contribution is -0.132. The van der Waals surface area contributed by atoms with Crippen molar-refractivity contribution in [3.05, 3.63) is 74.3 Å². The van der Waals surface area contributed by atoms with E-state index in [0.29, 0.717) is 29.7 Å². The number of carboxylic acid groups (broad SMARTS) is 1. The van der Waals surface area contributed by atoms with E-state index in [1.807, 2.05) is 44.2 Å². The minimum Gasteiger partial charge on any atom is -0.490 e. The van der Waals surface area contributed by atoms with Crippen LogP contribution in [-0.2, 0) is 16.1 Å². The summed E-state index contributed by atoms with van der Waals surface area (Å²) in [5, 5.41) is 10.3. The third-order valence-corrected chi connectivity index (χ3v) is 6.10. The van der Waals surface area contributed by atoms with Gasteiger partial charge < -0.3 is 15.2 Å². The molecule has 0 spiro atoms. The maximum Gasteiger partial charge on any atom is 0.349 e. The van der Waals surface area contributed by atoms with E-state index in [2.05, 4.69) is 5.32 Å². The zero-order valence-electron chi connectivity index (χ0n) is 18.8. The van der Waals surface area contributed by atoms with Crippen molar-refractivity contribution in [1.29, 1.82) is 0 Å². The van der Waals surface area contributed by atoms with Gasteiger partial charge in [-0.15, -0.1) is 0 Å². The Morgan fingerprint density at radius 1 is 1.17 bits per heavy atom. The number of hydrogen-bond acceptors (Lipinski definition) is 5. The van der Waals surface area contributed by atoms with E-state index in [-0.39, 0.29) is 17.4 Å². The van der Waals surface area contributed by atoms with Gasteiger partial charge in [0.1, 0.15) is 21.6 Å². The SMILES string of the molecule is CC(C)Oc1ccccc1C=C1CCn2c1nc1cc(NC(=O)/C(Cl)=C(/Cl)C(=O)O)ccc1c2=O. The van der Waals surface area contributed by atoms with Crippen LogP contribution in [0.1, 0.15) is 31.7 Å². The Balaban J connectivity index is 1.73. The van der Waals surface area contributed by atoms with Crippen LogP contribution in [0.25, 0.3) is 22.6 Å². The summed E-state index contributed by atoms with van der Waals surface area (Å²) in [6, 6.07) is 12.3. The third-order valence-electron chi connectivity index (χ3n) is 5.30.